The Balaban J connectivity index is 1.17. The number of benzene rings is 1. The molecule has 4 aliphatic carbocycles. The lowest BCUT2D eigenvalue weighted by Crippen LogP contribution is -2.49. The Bertz CT molecular complexity index is 1290. The fourth-order valence-electron chi connectivity index (χ4n) is 6.92. The van der Waals surface area contributed by atoms with Crippen molar-refractivity contribution in [2.45, 2.75) is 38.5 Å². The van der Waals surface area contributed by atoms with Crippen molar-refractivity contribution in [3.8, 4) is 11.3 Å². The summed E-state index contributed by atoms with van der Waals surface area (Å²) in [6, 6.07) is 11.0. The van der Waals surface area contributed by atoms with Gasteiger partial charge in [-0.2, -0.15) is 15.1 Å². The van der Waals surface area contributed by atoms with Gasteiger partial charge in [0.1, 0.15) is 16.6 Å². The summed E-state index contributed by atoms with van der Waals surface area (Å²) >= 11 is 7.48. The number of amides is 1. The number of hydrogen-bond acceptors (Lipinski definition) is 5. The molecule has 0 saturated heterocycles. The molecule has 4 saturated carbocycles. The highest BCUT2D eigenvalue weighted by atomic mass is 35.5. The van der Waals surface area contributed by atoms with Crippen molar-refractivity contribution in [2.75, 3.05) is 0 Å². The van der Waals surface area contributed by atoms with Crippen molar-refractivity contribution in [1.29, 1.82) is 5.41 Å². The minimum absolute atomic E-state index is 0.0617. The van der Waals surface area contributed by atoms with Crippen molar-refractivity contribution in [3.05, 3.63) is 52.8 Å². The number of carbonyl (C=O) groups excluding carboxylic acids is 1. The normalized spacial score (nSPS) is 32.9. The van der Waals surface area contributed by atoms with Crippen LogP contribution in [0.4, 0.5) is 0 Å². The molecule has 6 aliphatic rings. The van der Waals surface area contributed by atoms with E-state index in [1.54, 1.807) is 29.3 Å². The number of hydrogen-bond donors (Lipinski definition) is 1. The zero-order valence-corrected chi connectivity index (χ0v) is 20.0. The molecule has 2 aromatic rings. The van der Waals surface area contributed by atoms with Crippen LogP contribution in [0.25, 0.3) is 17.4 Å². The molecule has 4 fully saturated rings. The van der Waals surface area contributed by atoms with Gasteiger partial charge in [-0.05, 0) is 111 Å². The first kappa shape index (κ1) is 20.7. The second-order valence-electron chi connectivity index (χ2n) is 10.3. The number of aliphatic imine (C=N–C) groups is 1. The molecule has 1 amide bonds. The maximum absolute atomic E-state index is 12.9. The van der Waals surface area contributed by atoms with E-state index in [-0.39, 0.29) is 16.8 Å². The Hall–Kier alpha value is -2.64. The smallest absolute Gasteiger partial charge is 0.283 e. The molecule has 4 bridgehead atoms. The third-order valence-electron chi connectivity index (χ3n) is 7.99. The topological polar surface area (TPSA) is 82.0 Å². The molecule has 0 unspecified atom stereocenters. The van der Waals surface area contributed by atoms with Crippen LogP contribution in [0.2, 0.25) is 5.02 Å². The van der Waals surface area contributed by atoms with Gasteiger partial charge in [-0.15, -0.1) is 0 Å². The Labute approximate surface area is 206 Å². The monoisotopic (exact) mass is 490 g/mol. The van der Waals surface area contributed by atoms with Gasteiger partial charge in [0, 0.05) is 16.0 Å². The van der Waals surface area contributed by atoms with Crippen molar-refractivity contribution < 1.29 is 9.21 Å². The van der Waals surface area contributed by atoms with Crippen LogP contribution in [0.5, 0.6) is 0 Å². The lowest BCUT2D eigenvalue weighted by molar-refractivity contribution is -0.114. The van der Waals surface area contributed by atoms with Gasteiger partial charge in [0.25, 0.3) is 5.91 Å². The third-order valence-corrected chi connectivity index (χ3v) is 9.40. The summed E-state index contributed by atoms with van der Waals surface area (Å²) in [6.45, 7) is 0. The van der Waals surface area contributed by atoms with Crippen molar-refractivity contribution >= 4 is 51.4 Å². The van der Waals surface area contributed by atoms with Crippen LogP contribution < -0.4 is 0 Å². The van der Waals surface area contributed by atoms with E-state index in [0.29, 0.717) is 21.7 Å². The van der Waals surface area contributed by atoms with Crippen molar-refractivity contribution in [1.82, 2.24) is 5.01 Å². The molecular weight excluding hydrogens is 468 g/mol. The van der Waals surface area contributed by atoms with E-state index < -0.39 is 5.91 Å². The number of amidine groups is 2. The summed E-state index contributed by atoms with van der Waals surface area (Å²) in [5, 5.41) is 17.4. The zero-order valence-electron chi connectivity index (χ0n) is 18.5. The molecule has 1 N–H and O–H groups in total. The Morgan fingerprint density at radius 1 is 1.06 bits per heavy atom. The van der Waals surface area contributed by atoms with E-state index in [1.165, 1.54) is 50.3 Å². The number of hydrazone groups is 1. The summed E-state index contributed by atoms with van der Waals surface area (Å²) in [5.74, 6) is 3.22. The molecule has 172 valence electrons. The van der Waals surface area contributed by atoms with Crippen molar-refractivity contribution in [3.63, 3.8) is 0 Å². The lowest BCUT2D eigenvalue weighted by atomic mass is 9.50. The second-order valence-corrected chi connectivity index (χ2v) is 11.7. The number of fused-ring (bicyclic) bond motifs is 1. The Morgan fingerprint density at radius 3 is 2.41 bits per heavy atom. The number of carbonyl (C=O) groups is 1. The maximum Gasteiger partial charge on any atom is 0.283 e. The van der Waals surface area contributed by atoms with Gasteiger partial charge in [-0.3, -0.25) is 10.2 Å². The van der Waals surface area contributed by atoms with Crippen LogP contribution in [0.15, 0.2) is 56.5 Å². The summed E-state index contributed by atoms with van der Waals surface area (Å²) in [5.41, 5.74) is 1.19. The predicted molar refractivity (Wildman–Crippen MR) is 135 cm³/mol. The van der Waals surface area contributed by atoms with Gasteiger partial charge in [-0.25, -0.2) is 0 Å². The summed E-state index contributed by atoms with van der Waals surface area (Å²) in [6.07, 6.45) is 9.26. The molecule has 0 spiro atoms. The predicted octanol–water partition coefficient (Wildman–Crippen LogP) is 6.44. The van der Waals surface area contributed by atoms with E-state index in [4.69, 9.17) is 26.5 Å². The first-order valence-electron chi connectivity index (χ1n) is 11.8. The Kier molecular flexibility index (Phi) is 4.52. The standard InChI is InChI=1S/C26H23ClN4O2S/c27-18-3-1-17(2-4-18)21-6-5-19(33-21)10-20-22(28)31-25(29-23(20)32)34-24(30-31)26-11-14-7-15(12-26)9-16(8-14)13-26/h1-6,10,14-16,28H,7-9,11-13H2/b20-10-,28-22?. The van der Waals surface area contributed by atoms with E-state index in [9.17, 15) is 4.79 Å². The fourth-order valence-corrected chi connectivity index (χ4v) is 8.16. The lowest BCUT2D eigenvalue weighted by Gasteiger charge is -2.56. The van der Waals surface area contributed by atoms with Crippen LogP contribution in [0.1, 0.15) is 44.3 Å². The molecule has 1 aromatic carbocycles. The van der Waals surface area contributed by atoms with E-state index in [0.717, 1.165) is 28.4 Å². The van der Waals surface area contributed by atoms with Gasteiger partial charge in [0.05, 0.1) is 5.57 Å². The third kappa shape index (κ3) is 3.24. The molecule has 8 rings (SSSR count). The highest BCUT2D eigenvalue weighted by molar-refractivity contribution is 8.27. The molecule has 3 heterocycles. The van der Waals surface area contributed by atoms with Crippen LogP contribution in [-0.4, -0.2) is 27.0 Å². The van der Waals surface area contributed by atoms with E-state index in [2.05, 4.69) is 4.99 Å². The maximum atomic E-state index is 12.9. The van der Waals surface area contributed by atoms with Gasteiger partial charge in [0.2, 0.25) is 5.17 Å². The zero-order chi connectivity index (χ0) is 23.0. The molecule has 34 heavy (non-hydrogen) atoms. The number of rotatable bonds is 3. The average molecular weight is 491 g/mol. The van der Waals surface area contributed by atoms with Gasteiger partial charge < -0.3 is 4.42 Å². The highest BCUT2D eigenvalue weighted by Gasteiger charge is 2.55. The molecule has 8 heteroatoms. The molecular formula is C26H23ClN4O2S. The summed E-state index contributed by atoms with van der Waals surface area (Å²) in [7, 11) is 0. The second kappa shape index (κ2) is 7.43. The van der Waals surface area contributed by atoms with Gasteiger partial charge in [-0.1, -0.05) is 11.6 Å². The number of nitrogens with one attached hydrogen (secondary N) is 1. The number of furan rings is 1. The summed E-state index contributed by atoms with van der Waals surface area (Å²) in [4.78, 5) is 17.2. The van der Waals surface area contributed by atoms with Crippen LogP contribution in [0.3, 0.4) is 0 Å². The largest absolute Gasteiger partial charge is 0.457 e. The quantitative estimate of drug-likeness (QED) is 0.502. The highest BCUT2D eigenvalue weighted by Crippen LogP contribution is 2.62. The Morgan fingerprint density at radius 2 is 1.74 bits per heavy atom. The number of thioether (sulfide) groups is 1. The van der Waals surface area contributed by atoms with Gasteiger partial charge >= 0.3 is 0 Å². The SMILES string of the molecule is N=C1/C(=C/c2ccc(-c3ccc(Cl)cc3)o2)C(=O)N=C2SC(C34CC5CC(CC(C5)C3)C4)=NN12. The van der Waals surface area contributed by atoms with Crippen molar-refractivity contribution in [2.24, 2.45) is 33.3 Å². The van der Waals surface area contributed by atoms with E-state index >= 15 is 0 Å². The van der Waals surface area contributed by atoms with Crippen LogP contribution >= 0.6 is 23.4 Å². The molecule has 1 aromatic heterocycles. The fraction of sp³-hybridized carbons (Fsp3) is 0.385. The average Bonchev–Trinajstić information content (AvgIpc) is 3.44. The first-order valence-corrected chi connectivity index (χ1v) is 13.0. The molecule has 0 radical (unpaired) electrons. The molecule has 0 atom stereocenters. The van der Waals surface area contributed by atoms with E-state index in [1.807, 2.05) is 18.2 Å². The number of halogens is 1. The molecule has 6 nitrogen and oxygen atoms in total. The van der Waals surface area contributed by atoms with Crippen LogP contribution in [0, 0.1) is 28.6 Å². The van der Waals surface area contributed by atoms with Crippen LogP contribution in [-0.2, 0) is 4.79 Å². The molecule has 2 aliphatic heterocycles. The minimum Gasteiger partial charge on any atom is -0.457 e. The summed E-state index contributed by atoms with van der Waals surface area (Å²) < 4.78 is 5.93. The van der Waals surface area contributed by atoms with Gasteiger partial charge in [0.15, 0.2) is 5.84 Å². The first-order chi connectivity index (χ1) is 16.5. The number of nitrogens with zero attached hydrogens (tertiary/aromatic N) is 3. The minimum atomic E-state index is -0.421.